The van der Waals surface area contributed by atoms with Crippen molar-refractivity contribution in [2.24, 2.45) is 11.8 Å². The molecule has 0 aromatic carbocycles. The van der Waals surface area contributed by atoms with Gasteiger partial charge in [-0.25, -0.2) is 0 Å². The number of alkyl halides is 1. The van der Waals surface area contributed by atoms with Gasteiger partial charge in [-0.15, -0.1) is 11.6 Å². The average molecular weight is 201 g/mol. The molecule has 0 aliphatic heterocycles. The fourth-order valence-electron chi connectivity index (χ4n) is 1.58. The molecule has 0 aliphatic rings. The van der Waals surface area contributed by atoms with E-state index in [1.165, 1.54) is 6.42 Å². The molecule has 1 rings (SSSR count). The molecule has 0 spiro atoms. The zero-order valence-corrected chi connectivity index (χ0v) is 9.05. The molecule has 74 valence electrons. The van der Waals surface area contributed by atoms with Crippen LogP contribution < -0.4 is 0 Å². The summed E-state index contributed by atoms with van der Waals surface area (Å²) in [7, 11) is 0. The minimum absolute atomic E-state index is 0.549. The van der Waals surface area contributed by atoms with Gasteiger partial charge in [0.15, 0.2) is 0 Å². The van der Waals surface area contributed by atoms with E-state index in [0.29, 0.717) is 11.8 Å². The largest absolute Gasteiger partial charge is 0.469 e. The second-order valence-corrected chi connectivity index (χ2v) is 4.24. The van der Waals surface area contributed by atoms with Gasteiger partial charge in [-0.3, -0.25) is 0 Å². The summed E-state index contributed by atoms with van der Waals surface area (Å²) in [5, 5.41) is 0. The molecule has 1 aromatic heterocycles. The van der Waals surface area contributed by atoms with Crippen molar-refractivity contribution in [1.29, 1.82) is 0 Å². The van der Waals surface area contributed by atoms with Gasteiger partial charge in [0.05, 0.1) is 6.26 Å². The Morgan fingerprint density at radius 2 is 2.23 bits per heavy atom. The van der Waals surface area contributed by atoms with E-state index in [0.717, 1.165) is 18.1 Å². The van der Waals surface area contributed by atoms with Crippen LogP contribution in [-0.2, 0) is 6.42 Å². The van der Waals surface area contributed by atoms with E-state index in [1.807, 2.05) is 12.1 Å². The number of hydrogen-bond acceptors (Lipinski definition) is 1. The number of furan rings is 1. The van der Waals surface area contributed by atoms with Gasteiger partial charge < -0.3 is 4.42 Å². The third-order valence-corrected chi connectivity index (χ3v) is 2.53. The molecule has 0 fully saturated rings. The molecule has 0 aliphatic carbocycles. The Morgan fingerprint density at radius 3 is 2.69 bits per heavy atom. The van der Waals surface area contributed by atoms with Crippen molar-refractivity contribution in [2.75, 3.05) is 5.88 Å². The molecule has 0 saturated carbocycles. The first-order chi connectivity index (χ1) is 6.22. The number of rotatable bonds is 5. The van der Waals surface area contributed by atoms with Crippen molar-refractivity contribution in [1.82, 2.24) is 0 Å². The third kappa shape index (κ3) is 3.86. The van der Waals surface area contributed by atoms with Gasteiger partial charge in [-0.1, -0.05) is 13.8 Å². The highest BCUT2D eigenvalue weighted by molar-refractivity contribution is 6.18. The van der Waals surface area contributed by atoms with Crippen LogP contribution in [0.3, 0.4) is 0 Å². The van der Waals surface area contributed by atoms with Gasteiger partial charge in [-0.2, -0.15) is 0 Å². The van der Waals surface area contributed by atoms with Gasteiger partial charge in [0.25, 0.3) is 0 Å². The van der Waals surface area contributed by atoms with E-state index < -0.39 is 0 Å². The van der Waals surface area contributed by atoms with Gasteiger partial charge in [0.2, 0.25) is 0 Å². The molecule has 2 heteroatoms. The highest BCUT2D eigenvalue weighted by Crippen LogP contribution is 2.18. The summed E-state index contributed by atoms with van der Waals surface area (Å²) < 4.78 is 5.29. The first kappa shape index (κ1) is 10.6. The maximum atomic E-state index is 5.89. The Balaban J connectivity index is 2.40. The van der Waals surface area contributed by atoms with Crippen molar-refractivity contribution >= 4 is 11.6 Å². The van der Waals surface area contributed by atoms with E-state index in [1.54, 1.807) is 6.26 Å². The van der Waals surface area contributed by atoms with Crippen LogP contribution in [0.4, 0.5) is 0 Å². The van der Waals surface area contributed by atoms with Gasteiger partial charge in [-0.05, 0) is 30.4 Å². The van der Waals surface area contributed by atoms with E-state index >= 15 is 0 Å². The second kappa shape index (κ2) is 5.33. The van der Waals surface area contributed by atoms with E-state index in [-0.39, 0.29) is 0 Å². The normalized spacial score (nSPS) is 13.5. The highest BCUT2D eigenvalue weighted by atomic mass is 35.5. The summed E-state index contributed by atoms with van der Waals surface area (Å²) in [5.41, 5.74) is 0. The number of hydrogen-bond donors (Lipinski definition) is 0. The molecule has 1 atom stereocenters. The molecule has 0 bridgehead atoms. The van der Waals surface area contributed by atoms with Crippen molar-refractivity contribution in [3.8, 4) is 0 Å². The van der Waals surface area contributed by atoms with Crippen LogP contribution in [-0.4, -0.2) is 5.88 Å². The Kier molecular flexibility index (Phi) is 4.37. The summed E-state index contributed by atoms with van der Waals surface area (Å²) in [6, 6.07) is 3.94. The van der Waals surface area contributed by atoms with Crippen LogP contribution in [0, 0.1) is 11.8 Å². The molecular formula is C11H17ClO. The van der Waals surface area contributed by atoms with E-state index in [4.69, 9.17) is 16.0 Å². The van der Waals surface area contributed by atoms with Crippen molar-refractivity contribution < 1.29 is 4.42 Å². The molecule has 0 radical (unpaired) electrons. The van der Waals surface area contributed by atoms with Gasteiger partial charge in [0.1, 0.15) is 5.76 Å². The lowest BCUT2D eigenvalue weighted by Gasteiger charge is -2.14. The summed E-state index contributed by atoms with van der Waals surface area (Å²) in [6.45, 7) is 4.45. The second-order valence-electron chi connectivity index (χ2n) is 3.93. The van der Waals surface area contributed by atoms with E-state index in [2.05, 4.69) is 13.8 Å². The molecule has 1 nitrogen and oxygen atoms in total. The third-order valence-electron chi connectivity index (χ3n) is 2.09. The fourth-order valence-corrected chi connectivity index (χ4v) is 1.82. The lowest BCUT2D eigenvalue weighted by atomic mass is 9.95. The zero-order valence-electron chi connectivity index (χ0n) is 8.29. The molecule has 1 unspecified atom stereocenters. The van der Waals surface area contributed by atoms with Crippen LogP contribution in [0.2, 0.25) is 0 Å². The Morgan fingerprint density at radius 1 is 1.46 bits per heavy atom. The SMILES string of the molecule is CC(C)CC(CCl)Cc1ccco1. The van der Waals surface area contributed by atoms with Crippen molar-refractivity contribution in [3.63, 3.8) is 0 Å². The summed E-state index contributed by atoms with van der Waals surface area (Å²) in [4.78, 5) is 0. The van der Waals surface area contributed by atoms with Crippen molar-refractivity contribution in [2.45, 2.75) is 26.7 Å². The summed E-state index contributed by atoms with van der Waals surface area (Å²) in [6.07, 6.45) is 3.86. The molecule has 0 saturated heterocycles. The quantitative estimate of drug-likeness (QED) is 0.661. The molecular weight excluding hydrogens is 184 g/mol. The molecule has 1 aromatic rings. The lowest BCUT2D eigenvalue weighted by Crippen LogP contribution is -2.09. The Labute approximate surface area is 85.1 Å². The van der Waals surface area contributed by atoms with Crippen LogP contribution in [0.15, 0.2) is 22.8 Å². The summed E-state index contributed by atoms with van der Waals surface area (Å²) >= 11 is 5.89. The van der Waals surface area contributed by atoms with Crippen LogP contribution >= 0.6 is 11.6 Å². The predicted octanol–water partition coefficient (Wildman–Crippen LogP) is 3.72. The topological polar surface area (TPSA) is 13.1 Å². The standard InChI is InChI=1S/C11H17ClO/c1-9(2)6-10(8-12)7-11-4-3-5-13-11/h3-5,9-10H,6-8H2,1-2H3. The average Bonchev–Trinajstić information content (AvgIpc) is 2.55. The Bertz CT molecular complexity index is 216. The molecule has 0 N–H and O–H groups in total. The monoisotopic (exact) mass is 200 g/mol. The smallest absolute Gasteiger partial charge is 0.104 e. The van der Waals surface area contributed by atoms with Crippen LogP contribution in [0.5, 0.6) is 0 Å². The molecule has 0 amide bonds. The van der Waals surface area contributed by atoms with Gasteiger partial charge >= 0.3 is 0 Å². The predicted molar refractivity (Wildman–Crippen MR) is 56.1 cm³/mol. The van der Waals surface area contributed by atoms with E-state index in [9.17, 15) is 0 Å². The van der Waals surface area contributed by atoms with Crippen molar-refractivity contribution in [3.05, 3.63) is 24.2 Å². The Hall–Kier alpha value is -0.430. The molecule has 13 heavy (non-hydrogen) atoms. The first-order valence-corrected chi connectivity index (χ1v) is 5.34. The zero-order chi connectivity index (χ0) is 9.68. The maximum absolute atomic E-state index is 5.89. The summed E-state index contributed by atoms with van der Waals surface area (Å²) in [5.74, 6) is 3.02. The molecule has 1 heterocycles. The maximum Gasteiger partial charge on any atom is 0.104 e. The minimum Gasteiger partial charge on any atom is -0.469 e. The lowest BCUT2D eigenvalue weighted by molar-refractivity contribution is 0.400. The minimum atomic E-state index is 0.549. The fraction of sp³-hybridized carbons (Fsp3) is 0.636. The number of halogens is 1. The van der Waals surface area contributed by atoms with Crippen LogP contribution in [0.25, 0.3) is 0 Å². The first-order valence-electron chi connectivity index (χ1n) is 4.80. The van der Waals surface area contributed by atoms with Crippen LogP contribution in [0.1, 0.15) is 26.0 Å². The highest BCUT2D eigenvalue weighted by Gasteiger charge is 2.11. The van der Waals surface area contributed by atoms with Gasteiger partial charge in [0, 0.05) is 12.3 Å².